The molecule has 0 amide bonds. The Labute approximate surface area is 114 Å². The normalized spacial score (nSPS) is 11.1. The third-order valence-corrected chi connectivity index (χ3v) is 3.19. The van der Waals surface area contributed by atoms with E-state index in [-0.39, 0.29) is 12.2 Å². The third-order valence-electron chi connectivity index (χ3n) is 3.19. The highest BCUT2D eigenvalue weighted by Crippen LogP contribution is 2.11. The molecule has 0 unspecified atom stereocenters. The van der Waals surface area contributed by atoms with Crippen LogP contribution in [0.25, 0.3) is 16.6 Å². The van der Waals surface area contributed by atoms with Gasteiger partial charge in [-0.05, 0) is 24.3 Å². The highest BCUT2D eigenvalue weighted by molar-refractivity contribution is 5.79. The minimum absolute atomic E-state index is 0.0289. The summed E-state index contributed by atoms with van der Waals surface area (Å²) < 4.78 is 1.30. The lowest BCUT2D eigenvalue weighted by Crippen LogP contribution is -2.25. The molecule has 3 rings (SSSR count). The van der Waals surface area contributed by atoms with Gasteiger partial charge in [-0.3, -0.25) is 4.79 Å². The maximum atomic E-state index is 12.4. The predicted octanol–water partition coefficient (Wildman–Crippen LogP) is 0.671. The molecule has 102 valence electrons. The van der Waals surface area contributed by atoms with Crippen molar-refractivity contribution in [1.82, 2.24) is 14.6 Å². The van der Waals surface area contributed by atoms with Crippen LogP contribution in [-0.4, -0.2) is 39.9 Å². The molecule has 6 nitrogen and oxygen atoms in total. The molecule has 0 aliphatic carbocycles. The van der Waals surface area contributed by atoms with Crippen molar-refractivity contribution in [2.75, 3.05) is 25.1 Å². The van der Waals surface area contributed by atoms with Crippen molar-refractivity contribution in [3.63, 3.8) is 0 Å². The van der Waals surface area contributed by atoms with Crippen molar-refractivity contribution < 1.29 is 5.11 Å². The van der Waals surface area contributed by atoms with E-state index in [1.54, 1.807) is 29.2 Å². The molecule has 0 atom stereocenters. The topological polar surface area (TPSA) is 70.7 Å². The number of aliphatic hydroxyl groups is 1. The van der Waals surface area contributed by atoms with Crippen LogP contribution in [-0.2, 0) is 0 Å². The highest BCUT2D eigenvalue weighted by Gasteiger charge is 2.08. The summed E-state index contributed by atoms with van der Waals surface area (Å²) in [4.78, 5) is 18.6. The number of aliphatic hydroxyl groups excluding tert-OH is 1. The molecule has 1 aromatic carbocycles. The minimum Gasteiger partial charge on any atom is -0.395 e. The fourth-order valence-corrected chi connectivity index (χ4v) is 2.10. The maximum Gasteiger partial charge on any atom is 0.282 e. The number of hydrogen-bond donors (Lipinski definition) is 1. The first-order chi connectivity index (χ1) is 9.70. The lowest BCUT2D eigenvalue weighted by molar-refractivity contribution is 0.303. The average Bonchev–Trinajstić information content (AvgIpc) is 2.47. The van der Waals surface area contributed by atoms with Crippen molar-refractivity contribution in [1.29, 1.82) is 0 Å². The standard InChI is InChI=1S/C14H14N4O2/c1-17(8-9-19)13-7-6-12-15-11-5-3-2-4-10(11)14(20)18(12)16-13/h2-7,19H,8-9H2,1H3. The number of hydrogen-bond acceptors (Lipinski definition) is 5. The Bertz CT molecular complexity index is 828. The zero-order valence-electron chi connectivity index (χ0n) is 11.0. The van der Waals surface area contributed by atoms with Crippen LogP contribution in [0.1, 0.15) is 0 Å². The van der Waals surface area contributed by atoms with E-state index in [2.05, 4.69) is 10.1 Å². The molecule has 0 saturated heterocycles. The first-order valence-electron chi connectivity index (χ1n) is 6.31. The SMILES string of the molecule is CN(CCO)c1ccc2nc3ccccc3c(=O)n2n1. The van der Waals surface area contributed by atoms with E-state index in [1.165, 1.54) is 4.52 Å². The Kier molecular flexibility index (Phi) is 3.08. The number of anilines is 1. The van der Waals surface area contributed by atoms with Gasteiger partial charge in [0.1, 0.15) is 5.82 Å². The van der Waals surface area contributed by atoms with Gasteiger partial charge < -0.3 is 10.0 Å². The van der Waals surface area contributed by atoms with Crippen LogP contribution in [0.3, 0.4) is 0 Å². The van der Waals surface area contributed by atoms with Crippen LogP contribution in [0, 0.1) is 0 Å². The summed E-state index contributed by atoms with van der Waals surface area (Å²) in [6, 6.07) is 10.7. The van der Waals surface area contributed by atoms with Crippen molar-refractivity contribution >= 4 is 22.4 Å². The summed E-state index contributed by atoms with van der Waals surface area (Å²) in [6.45, 7) is 0.482. The summed E-state index contributed by atoms with van der Waals surface area (Å²) in [5.41, 5.74) is 0.982. The zero-order valence-corrected chi connectivity index (χ0v) is 11.0. The quantitative estimate of drug-likeness (QED) is 0.708. The number of likely N-dealkylation sites (N-methyl/N-ethyl adjacent to an activating group) is 1. The second-order valence-corrected chi connectivity index (χ2v) is 4.54. The number of aromatic nitrogens is 3. The van der Waals surface area contributed by atoms with Gasteiger partial charge in [0.15, 0.2) is 5.65 Å². The molecule has 3 aromatic rings. The molecule has 0 bridgehead atoms. The van der Waals surface area contributed by atoms with Crippen LogP contribution >= 0.6 is 0 Å². The van der Waals surface area contributed by atoms with Gasteiger partial charge in [0.05, 0.1) is 17.5 Å². The van der Waals surface area contributed by atoms with Gasteiger partial charge in [-0.2, -0.15) is 4.52 Å². The fourth-order valence-electron chi connectivity index (χ4n) is 2.10. The van der Waals surface area contributed by atoms with Gasteiger partial charge in [-0.25, -0.2) is 4.98 Å². The van der Waals surface area contributed by atoms with Gasteiger partial charge in [0.2, 0.25) is 0 Å². The smallest absolute Gasteiger partial charge is 0.282 e. The van der Waals surface area contributed by atoms with Gasteiger partial charge in [-0.1, -0.05) is 12.1 Å². The highest BCUT2D eigenvalue weighted by atomic mass is 16.3. The molecule has 20 heavy (non-hydrogen) atoms. The summed E-state index contributed by atoms with van der Waals surface area (Å²) in [5.74, 6) is 0.616. The first kappa shape index (κ1) is 12.6. The Morgan fingerprint density at radius 2 is 2.05 bits per heavy atom. The number of benzene rings is 1. The van der Waals surface area contributed by atoms with Gasteiger partial charge in [0.25, 0.3) is 5.56 Å². The monoisotopic (exact) mass is 270 g/mol. The van der Waals surface area contributed by atoms with Crippen LogP contribution in [0.2, 0.25) is 0 Å². The summed E-state index contributed by atoms with van der Waals surface area (Å²) in [5, 5.41) is 13.8. The maximum absolute atomic E-state index is 12.4. The summed E-state index contributed by atoms with van der Waals surface area (Å²) in [7, 11) is 1.81. The second kappa shape index (κ2) is 4.90. The Morgan fingerprint density at radius 1 is 1.25 bits per heavy atom. The number of fused-ring (bicyclic) bond motifs is 2. The van der Waals surface area contributed by atoms with Crippen LogP contribution in [0.15, 0.2) is 41.2 Å². The van der Waals surface area contributed by atoms with Gasteiger partial charge >= 0.3 is 0 Å². The molecule has 0 fully saturated rings. The molecule has 6 heteroatoms. The minimum atomic E-state index is -0.190. The molecule has 1 N–H and O–H groups in total. The van der Waals surface area contributed by atoms with E-state index in [4.69, 9.17) is 5.11 Å². The molecule has 0 radical (unpaired) electrons. The van der Waals surface area contributed by atoms with Crippen molar-refractivity contribution in [3.05, 3.63) is 46.8 Å². The van der Waals surface area contributed by atoms with Crippen LogP contribution < -0.4 is 10.5 Å². The second-order valence-electron chi connectivity index (χ2n) is 4.54. The number of rotatable bonds is 3. The Hall–Kier alpha value is -2.47. The van der Waals surface area contributed by atoms with E-state index >= 15 is 0 Å². The van der Waals surface area contributed by atoms with Gasteiger partial charge in [-0.15, -0.1) is 5.10 Å². The van der Waals surface area contributed by atoms with E-state index < -0.39 is 0 Å². The van der Waals surface area contributed by atoms with E-state index in [1.807, 2.05) is 19.2 Å². The predicted molar refractivity (Wildman–Crippen MR) is 77.1 cm³/mol. The molecule has 0 aliphatic rings. The molecule has 2 aromatic heterocycles. The number of para-hydroxylation sites is 1. The average molecular weight is 270 g/mol. The van der Waals surface area contributed by atoms with E-state index in [0.29, 0.717) is 28.9 Å². The Balaban J connectivity index is 2.26. The van der Waals surface area contributed by atoms with Crippen molar-refractivity contribution in [2.24, 2.45) is 0 Å². The van der Waals surface area contributed by atoms with Crippen LogP contribution in [0.5, 0.6) is 0 Å². The molecule has 0 aliphatic heterocycles. The molecular weight excluding hydrogens is 256 g/mol. The lowest BCUT2D eigenvalue weighted by atomic mass is 10.2. The van der Waals surface area contributed by atoms with Crippen molar-refractivity contribution in [3.8, 4) is 0 Å². The van der Waals surface area contributed by atoms with E-state index in [0.717, 1.165) is 0 Å². The zero-order chi connectivity index (χ0) is 14.1. The lowest BCUT2D eigenvalue weighted by Gasteiger charge is -2.16. The van der Waals surface area contributed by atoms with Crippen LogP contribution in [0.4, 0.5) is 5.82 Å². The third kappa shape index (κ3) is 2.00. The fraction of sp³-hybridized carbons (Fsp3) is 0.214. The summed E-state index contributed by atoms with van der Waals surface area (Å²) >= 11 is 0. The molecular formula is C14H14N4O2. The molecule has 2 heterocycles. The Morgan fingerprint density at radius 3 is 2.85 bits per heavy atom. The molecule has 0 saturated carbocycles. The van der Waals surface area contributed by atoms with E-state index in [9.17, 15) is 4.79 Å². The summed E-state index contributed by atoms with van der Waals surface area (Å²) in [6.07, 6.45) is 0. The first-order valence-corrected chi connectivity index (χ1v) is 6.31. The van der Waals surface area contributed by atoms with Crippen molar-refractivity contribution in [2.45, 2.75) is 0 Å². The largest absolute Gasteiger partial charge is 0.395 e. The molecule has 0 spiro atoms. The number of nitrogens with zero attached hydrogens (tertiary/aromatic N) is 4. The van der Waals surface area contributed by atoms with Gasteiger partial charge in [0, 0.05) is 13.6 Å².